The molecule has 0 spiro atoms. The summed E-state index contributed by atoms with van der Waals surface area (Å²) < 4.78 is 20.7. The van der Waals surface area contributed by atoms with Gasteiger partial charge in [-0.3, -0.25) is 0 Å². The zero-order valence-corrected chi connectivity index (χ0v) is 24.8. The standard InChI is InChI=1S/C30H52O3Si/c1-11-19-12-13-21-24-22(15-17-29(19,21)7)30(8)16-14-20(33-34(9,10)27(2,3)4)18-23(30)25-26(24)32-28(5,6)31-25/h11,20-26H,12-18H2,1-10H3/b19-11+/t20-,21?,22?,23?,24?,25+,26+,29+,30+/m0/s1. The fraction of sp³-hybridized carbons (Fsp3) is 0.933. The molecule has 34 heavy (non-hydrogen) atoms. The number of allylic oxidation sites excluding steroid dienone is 2. The Labute approximate surface area is 210 Å². The first-order chi connectivity index (χ1) is 15.6. The van der Waals surface area contributed by atoms with Crippen molar-refractivity contribution in [2.75, 3.05) is 0 Å². The summed E-state index contributed by atoms with van der Waals surface area (Å²) in [5.74, 6) is 2.17. The Hall–Kier alpha value is -0.163. The number of fused-ring (bicyclic) bond motifs is 8. The van der Waals surface area contributed by atoms with Crippen molar-refractivity contribution in [2.45, 2.75) is 143 Å². The van der Waals surface area contributed by atoms with Gasteiger partial charge < -0.3 is 13.9 Å². The van der Waals surface area contributed by atoms with Gasteiger partial charge in [0.1, 0.15) is 0 Å². The fourth-order valence-electron chi connectivity index (χ4n) is 9.17. The van der Waals surface area contributed by atoms with Crippen LogP contribution < -0.4 is 0 Å². The highest BCUT2D eigenvalue weighted by Crippen LogP contribution is 2.69. The van der Waals surface area contributed by atoms with Crippen LogP contribution in [-0.2, 0) is 13.9 Å². The van der Waals surface area contributed by atoms with Gasteiger partial charge in [-0.25, -0.2) is 0 Å². The molecule has 0 aromatic carbocycles. The third-order valence-electron chi connectivity index (χ3n) is 12.0. The van der Waals surface area contributed by atoms with Gasteiger partial charge in [-0.2, -0.15) is 0 Å². The van der Waals surface area contributed by atoms with E-state index >= 15 is 0 Å². The summed E-state index contributed by atoms with van der Waals surface area (Å²) in [5, 5.41) is 0.254. The molecule has 5 rings (SSSR count). The molecule has 0 radical (unpaired) electrons. The van der Waals surface area contributed by atoms with Gasteiger partial charge >= 0.3 is 0 Å². The van der Waals surface area contributed by atoms with Crippen molar-refractivity contribution in [2.24, 2.45) is 34.5 Å². The summed E-state index contributed by atoms with van der Waals surface area (Å²) in [7, 11) is -1.79. The van der Waals surface area contributed by atoms with Crippen LogP contribution in [0.5, 0.6) is 0 Å². The van der Waals surface area contributed by atoms with Crippen molar-refractivity contribution in [3.63, 3.8) is 0 Å². The predicted octanol–water partition coefficient (Wildman–Crippen LogP) is 8.11. The normalized spacial score (nSPS) is 49.4. The van der Waals surface area contributed by atoms with E-state index in [1.54, 1.807) is 5.57 Å². The van der Waals surface area contributed by atoms with Crippen molar-refractivity contribution >= 4 is 8.32 Å². The van der Waals surface area contributed by atoms with E-state index in [-0.39, 0.29) is 17.2 Å². The lowest BCUT2D eigenvalue weighted by atomic mass is 9.43. The SMILES string of the molecule is C/C=C1\CCC2C3C(CC[C@]12C)[C@@]1(C)CC[C@H](O[Si](C)(C)C(C)(C)C)CC1[C@H]1OC(C)(C)O[C@H]31. The minimum absolute atomic E-state index is 0.212. The number of hydrogen-bond acceptors (Lipinski definition) is 3. The van der Waals surface area contributed by atoms with Crippen LogP contribution in [0.1, 0.15) is 100 Å². The molecule has 1 heterocycles. The minimum Gasteiger partial charge on any atom is -0.414 e. The molecule has 0 aromatic heterocycles. The molecule has 1 aliphatic heterocycles. The monoisotopic (exact) mass is 488 g/mol. The topological polar surface area (TPSA) is 27.7 Å². The Kier molecular flexibility index (Phi) is 5.93. The quantitative estimate of drug-likeness (QED) is 0.290. The molecule has 9 atom stereocenters. The lowest BCUT2D eigenvalue weighted by Crippen LogP contribution is -2.63. The van der Waals surface area contributed by atoms with Crippen LogP contribution in [0.4, 0.5) is 0 Å². The lowest BCUT2D eigenvalue weighted by molar-refractivity contribution is -0.181. The lowest BCUT2D eigenvalue weighted by Gasteiger charge is -2.63. The minimum atomic E-state index is -1.79. The van der Waals surface area contributed by atoms with E-state index in [9.17, 15) is 0 Å². The zero-order chi connectivity index (χ0) is 24.9. The average molecular weight is 489 g/mol. The molecule has 5 fully saturated rings. The summed E-state index contributed by atoms with van der Waals surface area (Å²) in [6.07, 6.45) is 12.2. The molecule has 0 N–H and O–H groups in total. The Morgan fingerprint density at radius 1 is 0.912 bits per heavy atom. The summed E-state index contributed by atoms with van der Waals surface area (Å²) in [6.45, 7) is 23.7. The molecule has 4 aliphatic carbocycles. The van der Waals surface area contributed by atoms with E-state index in [4.69, 9.17) is 13.9 Å². The number of ether oxygens (including phenoxy) is 2. The molecule has 0 aromatic rings. The van der Waals surface area contributed by atoms with Crippen molar-refractivity contribution in [1.29, 1.82) is 0 Å². The Morgan fingerprint density at radius 2 is 1.59 bits per heavy atom. The van der Waals surface area contributed by atoms with E-state index < -0.39 is 14.1 Å². The molecule has 4 saturated carbocycles. The number of hydrogen-bond donors (Lipinski definition) is 0. The van der Waals surface area contributed by atoms with Crippen LogP contribution >= 0.6 is 0 Å². The first-order valence-corrected chi connectivity index (χ1v) is 17.2. The maximum absolute atomic E-state index is 7.02. The largest absolute Gasteiger partial charge is 0.414 e. The van der Waals surface area contributed by atoms with Crippen LogP contribution in [0.2, 0.25) is 18.1 Å². The first kappa shape index (κ1) is 25.5. The molecule has 0 bridgehead atoms. The summed E-state index contributed by atoms with van der Waals surface area (Å²) in [5.41, 5.74) is 2.41. The molecule has 4 unspecified atom stereocenters. The van der Waals surface area contributed by atoms with Crippen LogP contribution in [0.15, 0.2) is 11.6 Å². The average Bonchev–Trinajstić information content (AvgIpc) is 3.22. The van der Waals surface area contributed by atoms with Crippen molar-refractivity contribution < 1.29 is 13.9 Å². The fourth-order valence-corrected chi connectivity index (χ4v) is 10.6. The zero-order valence-electron chi connectivity index (χ0n) is 23.8. The molecular formula is C30H52O3Si. The smallest absolute Gasteiger partial charge is 0.192 e. The summed E-state index contributed by atoms with van der Waals surface area (Å²) >= 11 is 0. The molecule has 1 saturated heterocycles. The Morgan fingerprint density at radius 3 is 2.24 bits per heavy atom. The van der Waals surface area contributed by atoms with E-state index in [0.717, 1.165) is 18.3 Å². The number of rotatable bonds is 2. The van der Waals surface area contributed by atoms with E-state index in [1.807, 2.05) is 0 Å². The van der Waals surface area contributed by atoms with Crippen LogP contribution in [0.3, 0.4) is 0 Å². The second kappa shape index (κ2) is 7.92. The second-order valence-electron chi connectivity index (χ2n) is 15.1. The van der Waals surface area contributed by atoms with Gasteiger partial charge in [0.25, 0.3) is 0 Å². The highest BCUT2D eigenvalue weighted by atomic mass is 28.4. The maximum atomic E-state index is 7.02. The summed E-state index contributed by atoms with van der Waals surface area (Å²) in [6, 6.07) is 0. The third-order valence-corrected chi connectivity index (χ3v) is 16.5. The molecule has 194 valence electrons. The highest BCUT2D eigenvalue weighted by Gasteiger charge is 2.68. The van der Waals surface area contributed by atoms with Crippen LogP contribution in [0.25, 0.3) is 0 Å². The first-order valence-electron chi connectivity index (χ1n) is 14.3. The second-order valence-corrected chi connectivity index (χ2v) is 19.8. The van der Waals surface area contributed by atoms with Crippen molar-refractivity contribution in [3.8, 4) is 0 Å². The van der Waals surface area contributed by atoms with Gasteiger partial charge in [-0.15, -0.1) is 0 Å². The van der Waals surface area contributed by atoms with Gasteiger partial charge in [0.05, 0.1) is 12.2 Å². The maximum Gasteiger partial charge on any atom is 0.192 e. The summed E-state index contributed by atoms with van der Waals surface area (Å²) in [4.78, 5) is 0. The van der Waals surface area contributed by atoms with Crippen LogP contribution in [0, 0.1) is 34.5 Å². The molecule has 5 aliphatic rings. The molecule has 0 amide bonds. The van der Waals surface area contributed by atoms with E-state index in [2.05, 4.69) is 74.6 Å². The molecular weight excluding hydrogens is 436 g/mol. The van der Waals surface area contributed by atoms with E-state index in [1.165, 1.54) is 38.5 Å². The van der Waals surface area contributed by atoms with E-state index in [0.29, 0.717) is 28.8 Å². The molecule has 4 heteroatoms. The molecule has 3 nitrogen and oxygen atoms in total. The third kappa shape index (κ3) is 3.67. The Balaban J connectivity index is 1.48. The van der Waals surface area contributed by atoms with Gasteiger partial charge in [0.15, 0.2) is 14.1 Å². The van der Waals surface area contributed by atoms with Crippen molar-refractivity contribution in [3.05, 3.63) is 11.6 Å². The van der Waals surface area contributed by atoms with Gasteiger partial charge in [0.2, 0.25) is 0 Å². The van der Waals surface area contributed by atoms with Gasteiger partial charge in [0, 0.05) is 6.10 Å². The van der Waals surface area contributed by atoms with Crippen molar-refractivity contribution in [1.82, 2.24) is 0 Å². The van der Waals surface area contributed by atoms with Gasteiger partial charge in [-0.05, 0) is 118 Å². The van der Waals surface area contributed by atoms with Crippen LogP contribution in [-0.4, -0.2) is 32.4 Å². The predicted molar refractivity (Wildman–Crippen MR) is 142 cm³/mol. The highest BCUT2D eigenvalue weighted by molar-refractivity contribution is 6.74. The van der Waals surface area contributed by atoms with Gasteiger partial charge in [-0.1, -0.05) is 46.3 Å². The Bertz CT molecular complexity index is 840.